The molecular formula is C19H31NO. The Kier molecular flexibility index (Phi) is 6.08. The molecule has 2 heteroatoms. The molecule has 118 valence electrons. The zero-order valence-corrected chi connectivity index (χ0v) is 14.0. The lowest BCUT2D eigenvalue weighted by Gasteiger charge is -2.26. The third kappa shape index (κ3) is 5.01. The van der Waals surface area contributed by atoms with Crippen LogP contribution in [0, 0.1) is 17.8 Å². The Balaban J connectivity index is 1.85. The highest BCUT2D eigenvalue weighted by molar-refractivity contribution is 5.81. The van der Waals surface area contributed by atoms with E-state index in [1.165, 1.54) is 12.0 Å². The fourth-order valence-electron chi connectivity index (χ4n) is 3.17. The number of rotatable bonds is 7. The number of amides is 1. The number of unbranched alkanes of at least 4 members (excludes halogenated alkanes) is 1. The van der Waals surface area contributed by atoms with E-state index in [9.17, 15) is 4.79 Å². The van der Waals surface area contributed by atoms with Gasteiger partial charge in [-0.15, -0.1) is 0 Å². The van der Waals surface area contributed by atoms with Crippen molar-refractivity contribution in [1.29, 1.82) is 0 Å². The van der Waals surface area contributed by atoms with Crippen molar-refractivity contribution in [3.8, 4) is 0 Å². The van der Waals surface area contributed by atoms with Gasteiger partial charge >= 0.3 is 0 Å². The summed E-state index contributed by atoms with van der Waals surface area (Å²) in [6.07, 6.45) is 13.8. The molecule has 2 aliphatic rings. The molecule has 2 unspecified atom stereocenters. The maximum absolute atomic E-state index is 12.3. The summed E-state index contributed by atoms with van der Waals surface area (Å²) in [6.45, 7) is 8.50. The second-order valence-corrected chi connectivity index (χ2v) is 6.97. The first kappa shape index (κ1) is 16.3. The van der Waals surface area contributed by atoms with Gasteiger partial charge in [0.2, 0.25) is 5.91 Å². The van der Waals surface area contributed by atoms with E-state index >= 15 is 0 Å². The van der Waals surface area contributed by atoms with Gasteiger partial charge in [0, 0.05) is 19.0 Å². The van der Waals surface area contributed by atoms with E-state index in [1.54, 1.807) is 0 Å². The first-order valence-electron chi connectivity index (χ1n) is 8.73. The van der Waals surface area contributed by atoms with Crippen LogP contribution in [-0.4, -0.2) is 23.9 Å². The van der Waals surface area contributed by atoms with Crippen molar-refractivity contribution in [2.24, 2.45) is 17.8 Å². The number of hydrogen-bond donors (Lipinski definition) is 0. The fraction of sp³-hybridized carbons (Fsp3) is 0.737. The average molecular weight is 289 g/mol. The molecule has 0 aliphatic heterocycles. The van der Waals surface area contributed by atoms with Gasteiger partial charge in [-0.3, -0.25) is 4.79 Å². The number of hydrogen-bond acceptors (Lipinski definition) is 1. The molecule has 2 atom stereocenters. The zero-order valence-electron chi connectivity index (χ0n) is 14.0. The summed E-state index contributed by atoms with van der Waals surface area (Å²) in [4.78, 5) is 14.4. The predicted octanol–water partition coefficient (Wildman–Crippen LogP) is 4.57. The monoisotopic (exact) mass is 289 g/mol. The van der Waals surface area contributed by atoms with E-state index < -0.39 is 0 Å². The summed E-state index contributed by atoms with van der Waals surface area (Å²) in [5, 5.41) is 0. The van der Waals surface area contributed by atoms with Gasteiger partial charge in [0.05, 0.1) is 0 Å². The summed E-state index contributed by atoms with van der Waals surface area (Å²) < 4.78 is 0. The Labute approximate surface area is 130 Å². The smallest absolute Gasteiger partial charge is 0.225 e. The molecule has 0 radical (unpaired) electrons. The van der Waals surface area contributed by atoms with E-state index in [-0.39, 0.29) is 0 Å². The lowest BCUT2D eigenvalue weighted by Crippen LogP contribution is -2.33. The van der Waals surface area contributed by atoms with Crippen LogP contribution in [-0.2, 0) is 4.79 Å². The minimum atomic E-state index is 0.342. The highest BCUT2D eigenvalue weighted by Crippen LogP contribution is 2.32. The van der Waals surface area contributed by atoms with Gasteiger partial charge in [0.15, 0.2) is 0 Å². The molecule has 2 aliphatic carbocycles. The minimum Gasteiger partial charge on any atom is -0.339 e. The van der Waals surface area contributed by atoms with Crippen LogP contribution in [0.4, 0.5) is 0 Å². The highest BCUT2D eigenvalue weighted by atomic mass is 16.2. The Hall–Kier alpha value is -1.05. The molecule has 1 fully saturated rings. The summed E-state index contributed by atoms with van der Waals surface area (Å²) in [5.74, 6) is 2.11. The van der Waals surface area contributed by atoms with Crippen LogP contribution in [0.5, 0.6) is 0 Å². The minimum absolute atomic E-state index is 0.342. The van der Waals surface area contributed by atoms with Gasteiger partial charge < -0.3 is 4.90 Å². The molecule has 0 aromatic heterocycles. The van der Waals surface area contributed by atoms with Gasteiger partial charge in [-0.25, -0.2) is 0 Å². The number of allylic oxidation sites excluding steroid dienone is 3. The zero-order chi connectivity index (χ0) is 15.2. The average Bonchev–Trinajstić information content (AvgIpc) is 3.28. The highest BCUT2D eigenvalue weighted by Gasteiger charge is 2.32. The van der Waals surface area contributed by atoms with Crippen LogP contribution in [0.25, 0.3) is 0 Å². The number of carbonyl (C=O) groups excluding carboxylic acids is 1. The molecular weight excluding hydrogens is 258 g/mol. The van der Waals surface area contributed by atoms with Crippen molar-refractivity contribution in [2.75, 3.05) is 13.1 Å². The largest absolute Gasteiger partial charge is 0.339 e. The number of carbonyl (C=O) groups is 1. The first-order valence-corrected chi connectivity index (χ1v) is 8.73. The Morgan fingerprint density at radius 2 is 2.19 bits per heavy atom. The molecule has 0 spiro atoms. The van der Waals surface area contributed by atoms with Gasteiger partial charge in [-0.05, 0) is 50.9 Å². The Morgan fingerprint density at radius 3 is 2.81 bits per heavy atom. The molecule has 0 aromatic rings. The molecule has 0 aromatic carbocycles. The van der Waals surface area contributed by atoms with Crippen LogP contribution in [0.15, 0.2) is 23.8 Å². The van der Waals surface area contributed by atoms with E-state index in [1.807, 2.05) is 0 Å². The maximum Gasteiger partial charge on any atom is 0.225 e. The molecule has 1 amide bonds. The van der Waals surface area contributed by atoms with Crippen molar-refractivity contribution in [2.45, 2.75) is 59.3 Å². The topological polar surface area (TPSA) is 20.3 Å². The Morgan fingerprint density at radius 1 is 1.43 bits per heavy atom. The normalized spacial score (nSPS) is 26.0. The van der Waals surface area contributed by atoms with Crippen molar-refractivity contribution < 1.29 is 4.79 Å². The van der Waals surface area contributed by atoms with Crippen LogP contribution >= 0.6 is 0 Å². The van der Waals surface area contributed by atoms with E-state index in [2.05, 4.69) is 43.9 Å². The van der Waals surface area contributed by atoms with Crippen molar-refractivity contribution >= 4 is 5.91 Å². The molecule has 0 saturated heterocycles. The fourth-order valence-corrected chi connectivity index (χ4v) is 3.17. The molecule has 0 heterocycles. The third-order valence-electron chi connectivity index (χ3n) is 4.84. The van der Waals surface area contributed by atoms with Crippen LogP contribution in [0.1, 0.15) is 59.3 Å². The van der Waals surface area contributed by atoms with E-state index in [0.29, 0.717) is 17.7 Å². The van der Waals surface area contributed by atoms with Gasteiger partial charge in [0.1, 0.15) is 0 Å². The standard InChI is InChI=1S/C19H31NO/c1-4-5-12-20(19(21)18-10-11-18)13-6-7-17-9-8-15(2)14-16(17)3/h6-8,16-18H,4-5,9-14H2,1-3H3. The molecule has 0 bridgehead atoms. The lowest BCUT2D eigenvalue weighted by atomic mass is 9.81. The SMILES string of the molecule is CCCCN(CC=CC1CC=C(C)CC1C)C(=O)C1CC1. The third-order valence-corrected chi connectivity index (χ3v) is 4.84. The summed E-state index contributed by atoms with van der Waals surface area (Å²) >= 11 is 0. The van der Waals surface area contributed by atoms with Crippen molar-refractivity contribution in [3.05, 3.63) is 23.8 Å². The van der Waals surface area contributed by atoms with Crippen LogP contribution in [0.2, 0.25) is 0 Å². The summed E-state index contributed by atoms with van der Waals surface area (Å²) in [5.41, 5.74) is 1.53. The first-order chi connectivity index (χ1) is 10.1. The predicted molar refractivity (Wildman–Crippen MR) is 89.0 cm³/mol. The van der Waals surface area contributed by atoms with Crippen molar-refractivity contribution in [3.63, 3.8) is 0 Å². The van der Waals surface area contributed by atoms with E-state index in [0.717, 1.165) is 51.1 Å². The summed E-state index contributed by atoms with van der Waals surface area (Å²) in [7, 11) is 0. The van der Waals surface area contributed by atoms with E-state index in [4.69, 9.17) is 0 Å². The van der Waals surface area contributed by atoms with Gasteiger partial charge in [0.25, 0.3) is 0 Å². The van der Waals surface area contributed by atoms with Crippen LogP contribution < -0.4 is 0 Å². The summed E-state index contributed by atoms with van der Waals surface area (Å²) in [6, 6.07) is 0. The maximum atomic E-state index is 12.3. The molecule has 1 saturated carbocycles. The van der Waals surface area contributed by atoms with Gasteiger partial charge in [-0.1, -0.05) is 44.1 Å². The molecule has 2 rings (SSSR count). The quantitative estimate of drug-likeness (QED) is 0.628. The lowest BCUT2D eigenvalue weighted by molar-refractivity contribution is -0.132. The van der Waals surface area contributed by atoms with Crippen molar-refractivity contribution in [1.82, 2.24) is 4.90 Å². The second kappa shape index (κ2) is 7.82. The molecule has 21 heavy (non-hydrogen) atoms. The van der Waals surface area contributed by atoms with Crippen LogP contribution in [0.3, 0.4) is 0 Å². The number of nitrogens with zero attached hydrogens (tertiary/aromatic N) is 1. The molecule has 2 nitrogen and oxygen atoms in total. The van der Waals surface area contributed by atoms with Gasteiger partial charge in [-0.2, -0.15) is 0 Å². The molecule has 0 N–H and O–H groups in total. The second-order valence-electron chi connectivity index (χ2n) is 6.97. The Bertz CT molecular complexity index is 406.